The van der Waals surface area contributed by atoms with E-state index in [4.69, 9.17) is 9.84 Å². The van der Waals surface area contributed by atoms with E-state index in [0.29, 0.717) is 23.4 Å². The predicted molar refractivity (Wildman–Crippen MR) is 80.6 cm³/mol. The van der Waals surface area contributed by atoms with Crippen LogP contribution in [0.3, 0.4) is 0 Å². The molecule has 0 aliphatic rings. The van der Waals surface area contributed by atoms with E-state index in [2.05, 4.69) is 10.6 Å². The maximum atomic E-state index is 12.2. The summed E-state index contributed by atoms with van der Waals surface area (Å²) < 4.78 is 29.4. The highest BCUT2D eigenvalue weighted by Gasteiger charge is 2.19. The second-order valence-corrected chi connectivity index (χ2v) is 5.62. The van der Waals surface area contributed by atoms with Gasteiger partial charge < -0.3 is 20.5 Å². The number of halogens is 2. The largest absolute Gasteiger partial charge is 0.487 e. The number of nitrogens with one attached hydrogen (secondary N) is 2. The molecule has 124 valence electrons. The minimum atomic E-state index is -2.56. The molecule has 0 saturated carbocycles. The van der Waals surface area contributed by atoms with Crippen molar-refractivity contribution in [2.45, 2.75) is 39.2 Å². The molecule has 7 heteroatoms. The van der Waals surface area contributed by atoms with Crippen LogP contribution in [0.4, 0.5) is 19.3 Å². The lowest BCUT2D eigenvalue weighted by Crippen LogP contribution is -2.46. The molecule has 0 aliphatic heterocycles. The summed E-state index contributed by atoms with van der Waals surface area (Å²) in [4.78, 5) is 11.9. The lowest BCUT2D eigenvalue weighted by molar-refractivity contribution is 0.0816. The molecule has 1 aromatic carbocycles. The van der Waals surface area contributed by atoms with E-state index < -0.39 is 24.6 Å². The summed E-state index contributed by atoms with van der Waals surface area (Å²) in [6, 6.07) is 4.39. The number of hydrogen-bond donors (Lipinski definition) is 3. The van der Waals surface area contributed by atoms with Gasteiger partial charge in [0.1, 0.15) is 12.4 Å². The third kappa shape index (κ3) is 6.26. The number of anilines is 1. The quantitative estimate of drug-likeness (QED) is 0.724. The third-order valence-electron chi connectivity index (χ3n) is 3.00. The summed E-state index contributed by atoms with van der Waals surface area (Å²) in [5.41, 5.74) is 0.581. The van der Waals surface area contributed by atoms with Gasteiger partial charge in [-0.1, -0.05) is 6.07 Å². The number of ether oxygens (including phenoxy) is 1. The zero-order chi connectivity index (χ0) is 16.8. The highest BCUT2D eigenvalue weighted by molar-refractivity contribution is 5.90. The first-order chi connectivity index (χ1) is 10.2. The van der Waals surface area contributed by atoms with Crippen LogP contribution in [-0.2, 0) is 0 Å². The molecule has 5 nitrogen and oxygen atoms in total. The van der Waals surface area contributed by atoms with Crippen molar-refractivity contribution in [2.24, 2.45) is 0 Å². The lowest BCUT2D eigenvalue weighted by atomic mass is 10.0. The van der Waals surface area contributed by atoms with Gasteiger partial charge in [-0.15, -0.1) is 0 Å². The number of benzene rings is 1. The van der Waals surface area contributed by atoms with Gasteiger partial charge in [-0.3, -0.25) is 0 Å². The fraction of sp³-hybridized carbons (Fsp3) is 0.533. The molecular formula is C15H22F2N2O3. The first-order valence-electron chi connectivity index (χ1n) is 6.95. The van der Waals surface area contributed by atoms with E-state index in [-0.39, 0.29) is 6.61 Å². The Labute approximate surface area is 128 Å². The van der Waals surface area contributed by atoms with Gasteiger partial charge in [0.05, 0.1) is 0 Å². The molecular weight excluding hydrogens is 294 g/mol. The predicted octanol–water partition coefficient (Wildman–Crippen LogP) is 2.92. The Balaban J connectivity index is 2.69. The lowest BCUT2D eigenvalue weighted by Gasteiger charge is -2.25. The molecule has 3 N–H and O–H groups in total. The molecule has 0 bridgehead atoms. The monoisotopic (exact) mass is 316 g/mol. The molecule has 1 rings (SSSR count). The molecule has 0 fully saturated rings. The summed E-state index contributed by atoms with van der Waals surface area (Å²) >= 11 is 0. The van der Waals surface area contributed by atoms with Gasteiger partial charge in [0, 0.05) is 23.9 Å². The van der Waals surface area contributed by atoms with E-state index in [1.54, 1.807) is 32.9 Å². The fourth-order valence-corrected chi connectivity index (χ4v) is 1.80. The molecule has 0 unspecified atom stereocenters. The van der Waals surface area contributed by atoms with Crippen molar-refractivity contribution < 1.29 is 23.4 Å². The summed E-state index contributed by atoms with van der Waals surface area (Å²) in [5.74, 6) is 0.299. The van der Waals surface area contributed by atoms with E-state index in [1.165, 1.54) is 6.07 Å². The van der Waals surface area contributed by atoms with E-state index in [9.17, 15) is 13.6 Å². The molecule has 0 heterocycles. The number of rotatable bonds is 7. The number of carbonyl (C=O) groups excluding carboxylic acids is 1. The molecule has 2 amide bonds. The Bertz CT molecular complexity index is 508. The number of urea groups is 1. The molecule has 0 radical (unpaired) electrons. The number of hydrogen-bond acceptors (Lipinski definition) is 3. The first kappa shape index (κ1) is 18.2. The maximum Gasteiger partial charge on any atom is 0.319 e. The van der Waals surface area contributed by atoms with Crippen LogP contribution in [-0.4, -0.2) is 36.3 Å². The topological polar surface area (TPSA) is 70.6 Å². The van der Waals surface area contributed by atoms with Crippen molar-refractivity contribution in [3.05, 3.63) is 23.8 Å². The van der Waals surface area contributed by atoms with Crippen molar-refractivity contribution in [1.82, 2.24) is 5.32 Å². The fourth-order valence-electron chi connectivity index (χ4n) is 1.80. The smallest absolute Gasteiger partial charge is 0.319 e. The number of aryl methyl sites for hydroxylation is 1. The third-order valence-corrected chi connectivity index (χ3v) is 3.00. The number of alkyl halides is 2. The Morgan fingerprint density at radius 2 is 2.09 bits per heavy atom. The standard InChI is InChI=1S/C15H22F2N2O3/c1-10-4-5-11(8-12(10)22-9-13(16)17)18-14(21)19-15(2,3)6-7-20/h4-5,8,13,20H,6-7,9H2,1-3H3,(H2,18,19,21). The highest BCUT2D eigenvalue weighted by atomic mass is 19.3. The second-order valence-electron chi connectivity index (χ2n) is 5.62. The van der Waals surface area contributed by atoms with Crippen molar-refractivity contribution in [2.75, 3.05) is 18.5 Å². The molecule has 0 spiro atoms. The van der Waals surface area contributed by atoms with E-state index in [0.717, 1.165) is 0 Å². The van der Waals surface area contributed by atoms with Crippen LogP contribution in [0.2, 0.25) is 0 Å². The van der Waals surface area contributed by atoms with Gasteiger partial charge >= 0.3 is 6.03 Å². The van der Waals surface area contributed by atoms with E-state index in [1.807, 2.05) is 0 Å². The van der Waals surface area contributed by atoms with E-state index >= 15 is 0 Å². The minimum Gasteiger partial charge on any atom is -0.487 e. The Morgan fingerprint density at radius 3 is 2.68 bits per heavy atom. The van der Waals surface area contributed by atoms with Crippen LogP contribution >= 0.6 is 0 Å². The van der Waals surface area contributed by atoms with Crippen LogP contribution in [0.25, 0.3) is 0 Å². The van der Waals surface area contributed by atoms with Crippen molar-refractivity contribution in [3.8, 4) is 5.75 Å². The summed E-state index contributed by atoms with van der Waals surface area (Å²) in [7, 11) is 0. The summed E-state index contributed by atoms with van der Waals surface area (Å²) in [5, 5.41) is 14.3. The van der Waals surface area contributed by atoms with Gasteiger partial charge in [0.25, 0.3) is 6.43 Å². The highest BCUT2D eigenvalue weighted by Crippen LogP contribution is 2.23. The van der Waals surface area contributed by atoms with Gasteiger partial charge in [-0.05, 0) is 38.8 Å². The van der Waals surface area contributed by atoms with Crippen molar-refractivity contribution in [3.63, 3.8) is 0 Å². The van der Waals surface area contributed by atoms with Gasteiger partial charge in [0.15, 0.2) is 0 Å². The first-order valence-corrected chi connectivity index (χ1v) is 6.95. The number of carbonyl (C=O) groups is 1. The van der Waals surface area contributed by atoms with Gasteiger partial charge in [-0.25, -0.2) is 13.6 Å². The van der Waals surface area contributed by atoms with Crippen molar-refractivity contribution in [1.29, 1.82) is 0 Å². The minimum absolute atomic E-state index is 0.0383. The average Bonchev–Trinajstić information content (AvgIpc) is 2.38. The zero-order valence-corrected chi connectivity index (χ0v) is 13.0. The van der Waals surface area contributed by atoms with Crippen LogP contribution in [0.15, 0.2) is 18.2 Å². The van der Waals surface area contributed by atoms with Gasteiger partial charge in [0.2, 0.25) is 0 Å². The zero-order valence-electron chi connectivity index (χ0n) is 13.0. The molecule has 0 saturated heterocycles. The Kier molecular flexibility index (Phi) is 6.55. The second kappa shape index (κ2) is 7.93. The van der Waals surface area contributed by atoms with Crippen LogP contribution in [0.5, 0.6) is 5.75 Å². The normalized spacial score (nSPS) is 11.4. The average molecular weight is 316 g/mol. The number of aliphatic hydroxyl groups excluding tert-OH is 1. The molecule has 0 aliphatic carbocycles. The number of amides is 2. The maximum absolute atomic E-state index is 12.2. The van der Waals surface area contributed by atoms with Crippen molar-refractivity contribution >= 4 is 11.7 Å². The molecule has 0 atom stereocenters. The molecule has 22 heavy (non-hydrogen) atoms. The molecule has 1 aromatic rings. The Hall–Kier alpha value is -1.89. The SMILES string of the molecule is Cc1ccc(NC(=O)NC(C)(C)CCO)cc1OCC(F)F. The van der Waals surface area contributed by atoms with Gasteiger partial charge in [-0.2, -0.15) is 0 Å². The van der Waals surface area contributed by atoms with Crippen LogP contribution in [0, 0.1) is 6.92 Å². The summed E-state index contributed by atoms with van der Waals surface area (Å²) in [6.45, 7) is 4.57. The number of aliphatic hydroxyl groups is 1. The van der Waals surface area contributed by atoms with Crippen LogP contribution in [0.1, 0.15) is 25.8 Å². The molecule has 0 aromatic heterocycles. The summed E-state index contributed by atoms with van der Waals surface area (Å²) in [6.07, 6.45) is -2.14. The Morgan fingerprint density at radius 1 is 1.41 bits per heavy atom. The van der Waals surface area contributed by atoms with Crippen LogP contribution < -0.4 is 15.4 Å².